The van der Waals surface area contributed by atoms with Crippen LogP contribution in [0.2, 0.25) is 0 Å². The Bertz CT molecular complexity index is 238. The van der Waals surface area contributed by atoms with Crippen LogP contribution < -0.4 is 0 Å². The van der Waals surface area contributed by atoms with Crippen molar-refractivity contribution in [3.63, 3.8) is 0 Å². The molecule has 0 spiro atoms. The largest absolute Gasteiger partial charge is 0.469 e. The summed E-state index contributed by atoms with van der Waals surface area (Å²) in [5.41, 5.74) is 0. The normalized spacial score (nSPS) is 23.4. The van der Waals surface area contributed by atoms with Gasteiger partial charge in [-0.15, -0.1) is 0 Å². The quantitative estimate of drug-likeness (QED) is 0.705. The molecule has 1 N–H and O–H groups in total. The molecule has 106 valence electrons. The van der Waals surface area contributed by atoms with Crippen LogP contribution in [0.25, 0.3) is 0 Å². The molecule has 0 saturated carbocycles. The van der Waals surface area contributed by atoms with E-state index in [2.05, 4.69) is 4.74 Å². The van der Waals surface area contributed by atoms with E-state index < -0.39 is 6.10 Å². The minimum absolute atomic E-state index is 0.0281. The fraction of sp³-hybridized carbons (Fsp3) is 0.923. The molecule has 0 aromatic heterocycles. The lowest BCUT2D eigenvalue weighted by molar-refractivity contribution is -0.186. The van der Waals surface area contributed by atoms with Gasteiger partial charge in [0.05, 0.1) is 25.7 Å². The van der Waals surface area contributed by atoms with E-state index in [1.54, 1.807) is 0 Å². The Hall–Kier alpha value is -0.650. The topological polar surface area (TPSA) is 65.0 Å². The van der Waals surface area contributed by atoms with Crippen LogP contribution in [0.3, 0.4) is 0 Å². The standard InChI is InChI=1S/C13H24O5/c1-10(18-13-5-3-4-8-17-13)6-7-11(14)9-12(15)16-2/h10-11,13-14H,3-9H2,1-2H3/t10-,11-,13+/m1/s1. The highest BCUT2D eigenvalue weighted by Crippen LogP contribution is 2.17. The molecule has 0 bridgehead atoms. The van der Waals surface area contributed by atoms with Crippen molar-refractivity contribution in [2.24, 2.45) is 0 Å². The van der Waals surface area contributed by atoms with Crippen molar-refractivity contribution >= 4 is 5.97 Å². The van der Waals surface area contributed by atoms with Gasteiger partial charge in [0.15, 0.2) is 6.29 Å². The van der Waals surface area contributed by atoms with Gasteiger partial charge in [0.1, 0.15) is 0 Å². The second-order valence-corrected chi connectivity index (χ2v) is 4.75. The third-order valence-corrected chi connectivity index (χ3v) is 3.06. The Kier molecular flexibility index (Phi) is 7.23. The minimum Gasteiger partial charge on any atom is -0.469 e. The zero-order valence-corrected chi connectivity index (χ0v) is 11.3. The molecule has 0 aromatic carbocycles. The summed E-state index contributed by atoms with van der Waals surface area (Å²) in [7, 11) is 1.32. The SMILES string of the molecule is COC(=O)C[C@H](O)CC[C@@H](C)O[C@H]1CCCCO1. The molecule has 0 amide bonds. The molecular weight excluding hydrogens is 236 g/mol. The van der Waals surface area contributed by atoms with Gasteiger partial charge in [-0.05, 0) is 39.0 Å². The van der Waals surface area contributed by atoms with Crippen LogP contribution in [0.5, 0.6) is 0 Å². The van der Waals surface area contributed by atoms with Gasteiger partial charge in [0.25, 0.3) is 0 Å². The maximum atomic E-state index is 11.0. The highest BCUT2D eigenvalue weighted by atomic mass is 16.7. The van der Waals surface area contributed by atoms with E-state index >= 15 is 0 Å². The molecule has 1 heterocycles. The Morgan fingerprint density at radius 1 is 1.44 bits per heavy atom. The maximum Gasteiger partial charge on any atom is 0.308 e. The van der Waals surface area contributed by atoms with Gasteiger partial charge in [0, 0.05) is 6.61 Å². The highest BCUT2D eigenvalue weighted by Gasteiger charge is 2.18. The molecule has 0 radical (unpaired) electrons. The zero-order chi connectivity index (χ0) is 13.4. The van der Waals surface area contributed by atoms with Gasteiger partial charge in [-0.2, -0.15) is 0 Å². The van der Waals surface area contributed by atoms with E-state index in [9.17, 15) is 9.90 Å². The van der Waals surface area contributed by atoms with Gasteiger partial charge in [0.2, 0.25) is 0 Å². The fourth-order valence-corrected chi connectivity index (χ4v) is 1.95. The van der Waals surface area contributed by atoms with E-state index in [1.165, 1.54) is 7.11 Å². The van der Waals surface area contributed by atoms with Crippen molar-refractivity contribution in [2.45, 2.75) is 63.9 Å². The minimum atomic E-state index is -0.657. The average molecular weight is 260 g/mol. The average Bonchev–Trinajstić information content (AvgIpc) is 2.37. The Morgan fingerprint density at radius 3 is 2.83 bits per heavy atom. The number of methoxy groups -OCH3 is 1. The van der Waals surface area contributed by atoms with Crippen LogP contribution in [0, 0.1) is 0 Å². The van der Waals surface area contributed by atoms with E-state index in [0.29, 0.717) is 12.8 Å². The van der Waals surface area contributed by atoms with Crippen LogP contribution in [0.1, 0.15) is 45.4 Å². The summed E-state index contributed by atoms with van der Waals surface area (Å²) in [4.78, 5) is 11.0. The second kappa shape index (κ2) is 8.45. The van der Waals surface area contributed by atoms with Crippen molar-refractivity contribution < 1.29 is 24.1 Å². The van der Waals surface area contributed by atoms with Crippen LogP contribution >= 0.6 is 0 Å². The smallest absolute Gasteiger partial charge is 0.308 e. The molecule has 18 heavy (non-hydrogen) atoms. The summed E-state index contributed by atoms with van der Waals surface area (Å²) in [6.45, 7) is 2.73. The van der Waals surface area contributed by atoms with Gasteiger partial charge < -0.3 is 19.3 Å². The van der Waals surface area contributed by atoms with Crippen molar-refractivity contribution in [3.8, 4) is 0 Å². The number of ether oxygens (including phenoxy) is 3. The van der Waals surface area contributed by atoms with Crippen LogP contribution in [-0.2, 0) is 19.0 Å². The van der Waals surface area contributed by atoms with Gasteiger partial charge in [-0.25, -0.2) is 0 Å². The monoisotopic (exact) mass is 260 g/mol. The van der Waals surface area contributed by atoms with E-state index in [4.69, 9.17) is 9.47 Å². The Morgan fingerprint density at radius 2 is 2.22 bits per heavy atom. The lowest BCUT2D eigenvalue weighted by Gasteiger charge is -2.26. The molecular formula is C13H24O5. The predicted molar refractivity (Wildman–Crippen MR) is 66.0 cm³/mol. The summed E-state index contributed by atoms with van der Waals surface area (Å²) >= 11 is 0. The van der Waals surface area contributed by atoms with Crippen LogP contribution in [-0.4, -0.2) is 43.3 Å². The Balaban J connectivity index is 2.11. The van der Waals surface area contributed by atoms with E-state index in [1.807, 2.05) is 6.92 Å². The zero-order valence-electron chi connectivity index (χ0n) is 11.3. The maximum absolute atomic E-state index is 11.0. The lowest BCUT2D eigenvalue weighted by atomic mass is 10.1. The highest BCUT2D eigenvalue weighted by molar-refractivity contribution is 5.69. The Labute approximate surface area is 108 Å². The first-order valence-corrected chi connectivity index (χ1v) is 6.63. The predicted octanol–water partition coefficient (Wildman–Crippen LogP) is 1.62. The molecule has 0 aliphatic carbocycles. The molecule has 3 atom stereocenters. The molecule has 0 aromatic rings. The number of rotatable bonds is 7. The van der Waals surface area contributed by atoms with E-state index in [-0.39, 0.29) is 24.8 Å². The number of aliphatic hydroxyl groups excluding tert-OH is 1. The number of hydrogen-bond donors (Lipinski definition) is 1. The molecule has 1 rings (SSSR count). The summed E-state index contributed by atoms with van der Waals surface area (Å²) in [5.74, 6) is -0.383. The second-order valence-electron chi connectivity index (χ2n) is 4.75. The number of esters is 1. The fourth-order valence-electron chi connectivity index (χ4n) is 1.95. The molecule has 1 fully saturated rings. The first-order valence-electron chi connectivity index (χ1n) is 6.63. The van der Waals surface area contributed by atoms with Crippen LogP contribution in [0.4, 0.5) is 0 Å². The molecule has 5 nitrogen and oxygen atoms in total. The number of aliphatic hydroxyl groups is 1. The summed E-state index contributed by atoms with van der Waals surface area (Å²) in [6, 6.07) is 0. The third kappa shape index (κ3) is 6.33. The lowest BCUT2D eigenvalue weighted by Crippen LogP contribution is -2.27. The molecule has 5 heteroatoms. The van der Waals surface area contributed by atoms with Crippen molar-refractivity contribution in [2.75, 3.05) is 13.7 Å². The summed E-state index contributed by atoms with van der Waals surface area (Å²) in [5, 5.41) is 9.62. The number of hydrogen-bond acceptors (Lipinski definition) is 5. The first kappa shape index (κ1) is 15.4. The van der Waals surface area contributed by atoms with Gasteiger partial charge >= 0.3 is 5.97 Å². The molecule has 0 unspecified atom stereocenters. The van der Waals surface area contributed by atoms with Crippen molar-refractivity contribution in [3.05, 3.63) is 0 Å². The number of carbonyl (C=O) groups is 1. The van der Waals surface area contributed by atoms with Crippen molar-refractivity contribution in [1.29, 1.82) is 0 Å². The first-order chi connectivity index (χ1) is 8.61. The van der Waals surface area contributed by atoms with Crippen molar-refractivity contribution in [1.82, 2.24) is 0 Å². The summed E-state index contributed by atoms with van der Waals surface area (Å²) < 4.78 is 15.7. The van der Waals surface area contributed by atoms with Gasteiger partial charge in [-0.1, -0.05) is 0 Å². The number of carbonyl (C=O) groups excluding carboxylic acids is 1. The molecule has 1 saturated heterocycles. The molecule has 1 aliphatic heterocycles. The third-order valence-electron chi connectivity index (χ3n) is 3.06. The van der Waals surface area contributed by atoms with E-state index in [0.717, 1.165) is 25.9 Å². The summed E-state index contributed by atoms with van der Waals surface area (Å²) in [6.07, 6.45) is 3.73. The molecule has 1 aliphatic rings. The van der Waals surface area contributed by atoms with Gasteiger partial charge in [-0.3, -0.25) is 4.79 Å². The van der Waals surface area contributed by atoms with Crippen LogP contribution in [0.15, 0.2) is 0 Å².